The van der Waals surface area contributed by atoms with Gasteiger partial charge >= 0.3 is 47.8 Å². The molecule has 41 heteroatoms. The van der Waals surface area contributed by atoms with Crippen LogP contribution >= 0.6 is 0 Å². The first kappa shape index (κ1) is 107. The first-order valence-electron chi connectivity index (χ1n) is 35.7. The quantitative estimate of drug-likeness (QED) is 0.00439. The molecule has 7 atom stereocenters. The first-order valence-corrected chi connectivity index (χ1v) is 35.7. The fraction of sp³-hybridized carbons (Fsp3) is 0.786. The highest BCUT2D eigenvalue weighted by atomic mass is 16.6. The molecule has 0 aromatic rings. The number of carbonyl (C=O) groups is 15. The molecular weight excluding hydrogens is 1460 g/mol. The number of ketones is 5. The number of hydrogen-bond acceptors (Lipinski definition) is 29. The average molecular weight is 1580 g/mol. The van der Waals surface area contributed by atoms with Crippen LogP contribution in [0.3, 0.4) is 0 Å². The zero-order valence-corrected chi connectivity index (χ0v) is 68.2. The SMILES string of the molecule is CC(C)(C)OC(=O)C(=O)C(CC(=O)O)NN=[N+]=[N-].CC(C)(C)OC(=O)CC(N)C(=O)CC(CC(=O)OC(C)(C)C)C(=O)NC(CC(=O)OC(C)(C)C)C(=O)CCCCN=[N+]=[N-].CC(C)(C)OC(=O)CC(N)C(=O)CCCCN=[N+]=[N-].CC(C)(C)OC(=O)CC(N)C(=O)NC(CC(=O)OC(C)(C)C)C(=O)CCCCN=[N+]=[N-]. The van der Waals surface area contributed by atoms with E-state index in [1.54, 1.807) is 145 Å². The maximum atomic E-state index is 13.4. The van der Waals surface area contributed by atoms with Crippen molar-refractivity contribution in [3.8, 4) is 0 Å². The predicted octanol–water partition coefficient (Wildman–Crippen LogP) is 8.58. The molecule has 0 fully saturated rings. The van der Waals surface area contributed by atoms with Gasteiger partial charge in [-0.25, -0.2) is 10.2 Å². The van der Waals surface area contributed by atoms with Crippen LogP contribution in [-0.2, 0) is 105 Å². The minimum atomic E-state index is -1.45. The summed E-state index contributed by atoms with van der Waals surface area (Å²) >= 11 is 0. The van der Waals surface area contributed by atoms with Crippen LogP contribution in [0.5, 0.6) is 0 Å². The number of nitrogens with one attached hydrogen (secondary N) is 3. The molecule has 0 saturated heterocycles. The van der Waals surface area contributed by atoms with E-state index in [9.17, 15) is 71.9 Å². The maximum absolute atomic E-state index is 13.4. The van der Waals surface area contributed by atoms with Crippen molar-refractivity contribution in [2.24, 2.45) is 43.7 Å². The topological polar surface area (TPSA) is 650 Å². The first-order chi connectivity index (χ1) is 50.6. The molecule has 0 radical (unpaired) electrons. The number of nitrogens with zero attached hydrogens (tertiary/aromatic N) is 12. The summed E-state index contributed by atoms with van der Waals surface area (Å²) in [6.07, 6.45) is -0.321. The summed E-state index contributed by atoms with van der Waals surface area (Å²) in [5.41, 5.74) is 46.7. The number of carboxylic acids is 1. The number of esters is 7. The summed E-state index contributed by atoms with van der Waals surface area (Å²) in [6.45, 7) is 35.7. The second kappa shape index (κ2) is 53.0. The molecule has 0 aliphatic heterocycles. The van der Waals surface area contributed by atoms with Gasteiger partial charge in [-0.15, -0.1) is 5.53 Å². The van der Waals surface area contributed by atoms with Gasteiger partial charge in [-0.2, -0.15) is 4.91 Å². The summed E-state index contributed by atoms with van der Waals surface area (Å²) < 4.78 is 36.1. The minimum Gasteiger partial charge on any atom is -0.481 e. The molecule has 0 saturated carbocycles. The van der Waals surface area contributed by atoms with Gasteiger partial charge in [0.25, 0.3) is 5.78 Å². The highest BCUT2D eigenvalue weighted by molar-refractivity contribution is 6.36. The van der Waals surface area contributed by atoms with E-state index in [0.717, 1.165) is 0 Å². The van der Waals surface area contributed by atoms with Gasteiger partial charge in [-0.05, 0) is 206 Å². The van der Waals surface area contributed by atoms with Crippen molar-refractivity contribution < 1.29 is 110 Å². The second-order valence-corrected chi connectivity index (χ2v) is 32.0. The normalized spacial score (nSPS) is 13.2. The minimum absolute atomic E-state index is 0.0366. The number of azide groups is 4. The van der Waals surface area contributed by atoms with Crippen LogP contribution in [0.2, 0.25) is 0 Å². The van der Waals surface area contributed by atoms with E-state index in [1.165, 1.54) is 0 Å². The molecular formula is C70H120N18O23. The highest BCUT2D eigenvalue weighted by Gasteiger charge is 2.37. The van der Waals surface area contributed by atoms with Gasteiger partial charge in [0.1, 0.15) is 45.0 Å². The van der Waals surface area contributed by atoms with E-state index in [2.05, 4.69) is 50.8 Å². The number of ether oxygens (including phenoxy) is 7. The molecule has 0 aromatic heterocycles. The lowest BCUT2D eigenvalue weighted by Crippen LogP contribution is -2.50. The number of carbonyl (C=O) groups excluding carboxylic acids is 14. The molecule has 10 N–H and O–H groups in total. The van der Waals surface area contributed by atoms with E-state index in [4.69, 9.17) is 77.6 Å². The van der Waals surface area contributed by atoms with Gasteiger partial charge < -0.3 is 66.1 Å². The Labute approximate surface area is 647 Å². The molecule has 7 unspecified atom stereocenters. The number of nitrogens with two attached hydrogens (primary N) is 3. The van der Waals surface area contributed by atoms with Gasteiger partial charge in [0.15, 0.2) is 23.4 Å². The van der Waals surface area contributed by atoms with Crippen LogP contribution < -0.4 is 33.3 Å². The summed E-state index contributed by atoms with van der Waals surface area (Å²) in [5.74, 6) is -12.2. The number of carboxylic acid groups (broad SMARTS) is 1. The summed E-state index contributed by atoms with van der Waals surface area (Å²) in [5, 5.41) is 26.6. The predicted molar refractivity (Wildman–Crippen MR) is 401 cm³/mol. The van der Waals surface area contributed by atoms with E-state index in [-0.39, 0.29) is 63.2 Å². The summed E-state index contributed by atoms with van der Waals surface area (Å²) in [6, 6.07) is -7.28. The fourth-order valence-electron chi connectivity index (χ4n) is 8.45. The van der Waals surface area contributed by atoms with E-state index < -0.39 is 190 Å². The third kappa shape index (κ3) is 64.5. The van der Waals surface area contributed by atoms with E-state index >= 15 is 0 Å². The molecule has 0 rings (SSSR count). The Balaban J connectivity index is -0.000000734. The molecule has 111 heavy (non-hydrogen) atoms. The Morgan fingerprint density at radius 2 is 0.631 bits per heavy atom. The third-order valence-electron chi connectivity index (χ3n) is 12.8. The number of aliphatic carboxylic acids is 1. The molecule has 0 heterocycles. The lowest BCUT2D eigenvalue weighted by atomic mass is 9.92. The number of hydrogen-bond donors (Lipinski definition) is 7. The molecule has 0 bridgehead atoms. The van der Waals surface area contributed by atoms with Crippen molar-refractivity contribution in [1.29, 1.82) is 0 Å². The molecule has 0 aliphatic carbocycles. The Morgan fingerprint density at radius 3 is 0.937 bits per heavy atom. The molecule has 41 nitrogen and oxygen atoms in total. The van der Waals surface area contributed by atoms with Crippen LogP contribution in [0.1, 0.15) is 255 Å². The van der Waals surface area contributed by atoms with Crippen molar-refractivity contribution in [1.82, 2.24) is 16.1 Å². The largest absolute Gasteiger partial charge is 0.481 e. The van der Waals surface area contributed by atoms with Crippen molar-refractivity contribution in [3.63, 3.8) is 0 Å². The molecule has 0 aromatic carbocycles. The number of rotatable bonds is 43. The lowest BCUT2D eigenvalue weighted by Gasteiger charge is -2.25. The Bertz CT molecular complexity index is 3310. The van der Waals surface area contributed by atoms with Gasteiger partial charge in [-0.1, -0.05) is 15.3 Å². The summed E-state index contributed by atoms with van der Waals surface area (Å²) in [7, 11) is 0. The van der Waals surface area contributed by atoms with Crippen molar-refractivity contribution in [2.75, 3.05) is 19.6 Å². The Morgan fingerprint density at radius 1 is 0.342 bits per heavy atom. The zero-order valence-electron chi connectivity index (χ0n) is 68.2. The lowest BCUT2D eigenvalue weighted by molar-refractivity contribution is -0.163. The monoisotopic (exact) mass is 1580 g/mol. The van der Waals surface area contributed by atoms with Crippen LogP contribution in [0.4, 0.5) is 0 Å². The van der Waals surface area contributed by atoms with Gasteiger partial charge in [-0.3, -0.25) is 67.1 Å². The van der Waals surface area contributed by atoms with E-state index in [1.807, 2.05) is 5.43 Å². The second-order valence-electron chi connectivity index (χ2n) is 32.0. The van der Waals surface area contributed by atoms with E-state index in [0.29, 0.717) is 45.1 Å². The number of unbranched alkanes of at least 4 members (excludes halogenated alkanes) is 3. The average Bonchev–Trinajstić information content (AvgIpc) is 0.865. The molecule has 2 amide bonds. The van der Waals surface area contributed by atoms with Crippen molar-refractivity contribution >= 4 is 88.5 Å². The number of amides is 2. The van der Waals surface area contributed by atoms with Gasteiger partial charge in [0.2, 0.25) is 11.8 Å². The van der Waals surface area contributed by atoms with Crippen LogP contribution in [0, 0.1) is 5.92 Å². The summed E-state index contributed by atoms with van der Waals surface area (Å²) in [4.78, 5) is 193. The maximum Gasteiger partial charge on any atom is 0.379 e. The Hall–Kier alpha value is -10.0. The molecule has 628 valence electrons. The zero-order chi connectivity index (χ0) is 87.1. The van der Waals surface area contributed by atoms with Crippen LogP contribution in [-0.4, -0.2) is 189 Å². The Kier molecular flexibility index (Phi) is 51.2. The van der Waals surface area contributed by atoms with Gasteiger partial charge in [0, 0.05) is 60.1 Å². The highest BCUT2D eigenvalue weighted by Crippen LogP contribution is 2.21. The smallest absolute Gasteiger partial charge is 0.379 e. The number of Topliss-reactive ketones (excluding diaryl/α,β-unsaturated/α-hetero) is 5. The molecule has 0 aliphatic rings. The standard InChI is InChI=1S/C29H49N5O9.C20H35N5O6.C12H22N4O3.C9H14N4O5/c1-27(2,3)41-23(37)15-18(14-22(36)19(30)16-24(38)42-28(4,5)6)26(40)33-20(17-25(39)43-29(7,8)9)21(35)12-10-11-13-32-34-31;1-19(2,3)30-16(27)11-13(21)18(29)24-14(12-17(28)31-20(4,5)6)15(26)9-7-8-10-23-25-22;1-12(2,3)19-11(18)8-9(13)10(17)6-4-5-7-15-16-14;1-9(2,3)18-8(17)7(16)5(4-6(14)15)11-13-12-10/h18-20H,10-17,30H2,1-9H3,(H,33,40);13-14H,7-12,21H2,1-6H3,(H,24,29);9H,4-8,13H2,1-3H3;5,11H,4H2,1-3H3,(H,14,15). The van der Waals surface area contributed by atoms with Crippen LogP contribution in [0.15, 0.2) is 20.6 Å². The molecule has 0 spiro atoms. The fourth-order valence-corrected chi connectivity index (χ4v) is 8.45. The van der Waals surface area contributed by atoms with Crippen molar-refractivity contribution in [3.05, 3.63) is 41.8 Å². The van der Waals surface area contributed by atoms with Crippen molar-refractivity contribution in [2.45, 2.75) is 330 Å². The van der Waals surface area contributed by atoms with Crippen LogP contribution in [0.25, 0.3) is 41.8 Å². The third-order valence-corrected chi connectivity index (χ3v) is 12.8. The van der Waals surface area contributed by atoms with Gasteiger partial charge in [0.05, 0.1) is 81.1 Å².